The molecule has 1 unspecified atom stereocenters. The van der Waals surface area contributed by atoms with Gasteiger partial charge in [0.1, 0.15) is 0 Å². The Morgan fingerprint density at radius 2 is 2.00 bits per heavy atom. The van der Waals surface area contributed by atoms with Gasteiger partial charge in [0.15, 0.2) is 5.69 Å². The minimum absolute atomic E-state index is 0.0685. The van der Waals surface area contributed by atoms with E-state index in [0.29, 0.717) is 18.2 Å². The lowest BCUT2D eigenvalue weighted by molar-refractivity contribution is 0.0944. The fourth-order valence-electron chi connectivity index (χ4n) is 3.67. The molecule has 0 spiro atoms. The highest BCUT2D eigenvalue weighted by molar-refractivity contribution is 5.94. The van der Waals surface area contributed by atoms with E-state index in [1.165, 1.54) is 24.1 Å². The Morgan fingerprint density at radius 1 is 1.28 bits per heavy atom. The minimum atomic E-state index is -0.0832. The molecule has 1 heterocycles. The first-order chi connectivity index (χ1) is 12.1. The molecule has 2 aliphatic carbocycles. The number of hydrogen-bond acceptors (Lipinski definition) is 3. The fraction of sp³-hybridized carbons (Fsp3) is 0.500. The number of benzene rings is 1. The van der Waals surface area contributed by atoms with Crippen molar-refractivity contribution in [2.45, 2.75) is 51.5 Å². The first-order valence-electron chi connectivity index (χ1n) is 9.35. The van der Waals surface area contributed by atoms with E-state index in [0.717, 1.165) is 36.9 Å². The predicted octanol–water partition coefficient (Wildman–Crippen LogP) is 2.53. The molecule has 1 saturated carbocycles. The molecule has 5 nitrogen and oxygen atoms in total. The van der Waals surface area contributed by atoms with Crippen molar-refractivity contribution < 1.29 is 4.79 Å². The van der Waals surface area contributed by atoms with Gasteiger partial charge in [0.25, 0.3) is 5.91 Å². The predicted molar refractivity (Wildman–Crippen MR) is 98.0 cm³/mol. The molecule has 4 rings (SSSR count). The summed E-state index contributed by atoms with van der Waals surface area (Å²) in [7, 11) is 0. The SMILES string of the molecule is Cc1ccc(-n2nc(C(=O)NCC(N)C3CC3)c3c2CCCC3)cc1. The molecule has 3 N–H and O–H groups in total. The standard InChI is InChI=1S/C20H26N4O/c1-13-6-10-15(11-7-13)24-18-5-3-2-4-16(18)19(23-24)20(25)22-12-17(21)14-8-9-14/h6-7,10-11,14,17H,2-5,8-9,12,21H2,1H3,(H,22,25). The van der Waals surface area contributed by atoms with Gasteiger partial charge in [-0.15, -0.1) is 0 Å². The van der Waals surface area contributed by atoms with E-state index in [1.807, 2.05) is 4.68 Å². The van der Waals surface area contributed by atoms with E-state index in [4.69, 9.17) is 10.8 Å². The van der Waals surface area contributed by atoms with Crippen LogP contribution in [0.25, 0.3) is 5.69 Å². The van der Waals surface area contributed by atoms with Crippen LogP contribution in [0.4, 0.5) is 0 Å². The maximum absolute atomic E-state index is 12.7. The van der Waals surface area contributed by atoms with Gasteiger partial charge in [-0.25, -0.2) is 4.68 Å². The van der Waals surface area contributed by atoms with Crippen molar-refractivity contribution >= 4 is 5.91 Å². The van der Waals surface area contributed by atoms with Crippen molar-refractivity contribution in [3.63, 3.8) is 0 Å². The van der Waals surface area contributed by atoms with Gasteiger partial charge in [-0.05, 0) is 63.5 Å². The third kappa shape index (κ3) is 3.33. The first kappa shape index (κ1) is 16.3. The highest BCUT2D eigenvalue weighted by Gasteiger charge is 2.30. The molecule has 1 atom stereocenters. The van der Waals surface area contributed by atoms with Crippen LogP contribution in [0.1, 0.15) is 53.0 Å². The third-order valence-electron chi connectivity index (χ3n) is 5.40. The van der Waals surface area contributed by atoms with Gasteiger partial charge >= 0.3 is 0 Å². The summed E-state index contributed by atoms with van der Waals surface area (Å²) in [6.45, 7) is 2.61. The van der Waals surface area contributed by atoms with Crippen molar-refractivity contribution in [2.75, 3.05) is 6.54 Å². The molecule has 1 fully saturated rings. The van der Waals surface area contributed by atoms with Crippen molar-refractivity contribution in [3.8, 4) is 5.69 Å². The summed E-state index contributed by atoms with van der Waals surface area (Å²) < 4.78 is 1.96. The Morgan fingerprint density at radius 3 is 2.72 bits per heavy atom. The molecule has 5 heteroatoms. The summed E-state index contributed by atoms with van der Waals surface area (Å²) in [5.74, 6) is 0.499. The van der Waals surface area contributed by atoms with Gasteiger partial charge < -0.3 is 11.1 Å². The van der Waals surface area contributed by atoms with Crippen LogP contribution >= 0.6 is 0 Å². The topological polar surface area (TPSA) is 72.9 Å². The number of carbonyl (C=O) groups excluding carboxylic acids is 1. The zero-order valence-corrected chi connectivity index (χ0v) is 14.8. The van der Waals surface area contributed by atoms with E-state index in [1.54, 1.807) is 0 Å². The van der Waals surface area contributed by atoms with E-state index in [2.05, 4.69) is 36.5 Å². The number of amides is 1. The van der Waals surface area contributed by atoms with Gasteiger partial charge in [0.2, 0.25) is 0 Å². The number of nitrogens with zero attached hydrogens (tertiary/aromatic N) is 2. The Labute approximate surface area is 148 Å². The smallest absolute Gasteiger partial charge is 0.272 e. The lowest BCUT2D eigenvalue weighted by Crippen LogP contribution is -2.39. The number of rotatable bonds is 5. The Hall–Kier alpha value is -2.14. The Balaban J connectivity index is 1.61. The molecule has 0 radical (unpaired) electrons. The van der Waals surface area contributed by atoms with Crippen molar-refractivity contribution in [1.29, 1.82) is 0 Å². The molecule has 1 amide bonds. The average Bonchev–Trinajstić information content (AvgIpc) is 3.41. The number of hydrogen-bond donors (Lipinski definition) is 2. The van der Waals surface area contributed by atoms with Gasteiger partial charge in [-0.1, -0.05) is 17.7 Å². The molecule has 132 valence electrons. The van der Waals surface area contributed by atoms with Crippen LogP contribution in [0, 0.1) is 12.8 Å². The van der Waals surface area contributed by atoms with E-state index < -0.39 is 0 Å². The summed E-state index contributed by atoms with van der Waals surface area (Å²) in [5.41, 5.74) is 11.2. The molecule has 0 bridgehead atoms. The second-order valence-corrected chi connectivity index (χ2v) is 7.44. The van der Waals surface area contributed by atoms with Crippen LogP contribution in [-0.4, -0.2) is 28.3 Å². The van der Waals surface area contributed by atoms with Crippen LogP contribution < -0.4 is 11.1 Å². The molecule has 2 aliphatic rings. The monoisotopic (exact) mass is 338 g/mol. The van der Waals surface area contributed by atoms with Crippen LogP contribution in [0.5, 0.6) is 0 Å². The summed E-state index contributed by atoms with van der Waals surface area (Å²) in [5, 5.41) is 7.70. The molecule has 0 saturated heterocycles. The fourth-order valence-corrected chi connectivity index (χ4v) is 3.67. The van der Waals surface area contributed by atoms with Crippen LogP contribution in [0.15, 0.2) is 24.3 Å². The lowest BCUT2D eigenvalue weighted by Gasteiger charge is -2.14. The van der Waals surface area contributed by atoms with Gasteiger partial charge in [0, 0.05) is 23.8 Å². The average molecular weight is 338 g/mol. The maximum atomic E-state index is 12.7. The van der Waals surface area contributed by atoms with Crippen LogP contribution in [0.2, 0.25) is 0 Å². The van der Waals surface area contributed by atoms with E-state index in [-0.39, 0.29) is 11.9 Å². The summed E-state index contributed by atoms with van der Waals surface area (Å²) in [4.78, 5) is 12.7. The highest BCUT2D eigenvalue weighted by atomic mass is 16.2. The molecule has 1 aromatic heterocycles. The molecule has 0 aliphatic heterocycles. The van der Waals surface area contributed by atoms with Gasteiger partial charge in [0.05, 0.1) is 5.69 Å². The molecule has 1 aromatic carbocycles. The summed E-state index contributed by atoms with van der Waals surface area (Å²) in [6, 6.07) is 8.38. The van der Waals surface area contributed by atoms with Crippen LogP contribution in [-0.2, 0) is 12.8 Å². The first-order valence-corrected chi connectivity index (χ1v) is 9.35. The highest BCUT2D eigenvalue weighted by Crippen LogP contribution is 2.31. The van der Waals surface area contributed by atoms with E-state index in [9.17, 15) is 4.79 Å². The summed E-state index contributed by atoms with van der Waals surface area (Å²) in [6.07, 6.45) is 6.55. The van der Waals surface area contributed by atoms with Crippen molar-refractivity contribution in [1.82, 2.24) is 15.1 Å². The normalized spacial score (nSPS) is 17.8. The van der Waals surface area contributed by atoms with Gasteiger partial charge in [-0.2, -0.15) is 5.10 Å². The molecular weight excluding hydrogens is 312 g/mol. The minimum Gasteiger partial charge on any atom is -0.349 e. The van der Waals surface area contributed by atoms with Gasteiger partial charge in [-0.3, -0.25) is 4.79 Å². The maximum Gasteiger partial charge on any atom is 0.272 e. The summed E-state index contributed by atoms with van der Waals surface area (Å²) >= 11 is 0. The quantitative estimate of drug-likeness (QED) is 0.880. The lowest BCUT2D eigenvalue weighted by atomic mass is 9.95. The Bertz CT molecular complexity index is 774. The third-order valence-corrected chi connectivity index (χ3v) is 5.40. The van der Waals surface area contributed by atoms with Crippen LogP contribution in [0.3, 0.4) is 0 Å². The number of nitrogens with one attached hydrogen (secondary N) is 1. The molecule has 25 heavy (non-hydrogen) atoms. The zero-order chi connectivity index (χ0) is 17.4. The van der Waals surface area contributed by atoms with E-state index >= 15 is 0 Å². The molecular formula is C20H26N4O. The largest absolute Gasteiger partial charge is 0.349 e. The number of fused-ring (bicyclic) bond motifs is 1. The zero-order valence-electron chi connectivity index (χ0n) is 14.8. The second-order valence-electron chi connectivity index (χ2n) is 7.44. The molecule has 2 aromatic rings. The number of aromatic nitrogens is 2. The number of nitrogens with two attached hydrogens (primary N) is 1. The van der Waals surface area contributed by atoms with Crippen molar-refractivity contribution in [2.24, 2.45) is 11.7 Å². The second kappa shape index (κ2) is 6.64. The number of aryl methyl sites for hydroxylation is 1. The number of carbonyl (C=O) groups is 1. The van der Waals surface area contributed by atoms with Crippen molar-refractivity contribution in [3.05, 3.63) is 46.8 Å². The Kier molecular flexibility index (Phi) is 4.34.